The van der Waals surface area contributed by atoms with Gasteiger partial charge in [-0.2, -0.15) is 0 Å². The average molecular weight is 326 g/mol. The third kappa shape index (κ3) is 4.21. The second-order valence-electron chi connectivity index (χ2n) is 5.54. The van der Waals surface area contributed by atoms with Gasteiger partial charge in [0.05, 0.1) is 6.42 Å². The number of rotatable bonds is 6. The first kappa shape index (κ1) is 16.8. The van der Waals surface area contributed by atoms with Crippen LogP contribution in [-0.4, -0.2) is 36.7 Å². The summed E-state index contributed by atoms with van der Waals surface area (Å²) in [7, 11) is 0. The fourth-order valence-electron chi connectivity index (χ4n) is 2.77. The average Bonchev–Trinajstić information content (AvgIpc) is 2.52. The summed E-state index contributed by atoms with van der Waals surface area (Å²) in [6.07, 6.45) is 1.38. The van der Waals surface area contributed by atoms with Crippen molar-refractivity contribution in [2.45, 2.75) is 31.1 Å². The summed E-state index contributed by atoms with van der Waals surface area (Å²) in [4.78, 5) is 22.3. The molecule has 0 saturated carbocycles. The molecule has 2 rings (SSSR count). The second kappa shape index (κ2) is 7.61. The van der Waals surface area contributed by atoms with E-state index in [1.807, 2.05) is 24.3 Å². The summed E-state index contributed by atoms with van der Waals surface area (Å²) in [5.74, 6) is -1.22. The van der Waals surface area contributed by atoms with Gasteiger partial charge in [-0.1, -0.05) is 29.8 Å². The molecule has 1 aromatic carbocycles. The second-order valence-corrected chi connectivity index (χ2v) is 5.95. The number of nitrogens with one attached hydrogen (secondary N) is 1. The van der Waals surface area contributed by atoms with E-state index in [0.717, 1.165) is 18.4 Å². The Balaban J connectivity index is 2.08. The van der Waals surface area contributed by atoms with Gasteiger partial charge in [0.15, 0.2) is 0 Å². The molecule has 5 nitrogen and oxygen atoms in total. The number of carbonyl (C=O) groups excluding carboxylic acids is 1. The van der Waals surface area contributed by atoms with Crippen LogP contribution in [0.25, 0.3) is 0 Å². The van der Waals surface area contributed by atoms with Crippen molar-refractivity contribution in [1.82, 2.24) is 5.32 Å². The summed E-state index contributed by atoms with van der Waals surface area (Å²) < 4.78 is 5.44. The fraction of sp³-hybridized carbons (Fsp3) is 0.500. The molecular formula is C16H20ClNO4. The third-order valence-corrected chi connectivity index (χ3v) is 4.41. The monoisotopic (exact) mass is 325 g/mol. The molecule has 1 amide bonds. The van der Waals surface area contributed by atoms with Crippen LogP contribution in [0.5, 0.6) is 0 Å². The van der Waals surface area contributed by atoms with Crippen molar-refractivity contribution >= 4 is 23.5 Å². The smallest absolute Gasteiger partial charge is 0.303 e. The molecule has 22 heavy (non-hydrogen) atoms. The van der Waals surface area contributed by atoms with Crippen LogP contribution in [0.1, 0.15) is 31.2 Å². The highest BCUT2D eigenvalue weighted by atomic mass is 35.5. The van der Waals surface area contributed by atoms with E-state index in [0.29, 0.717) is 24.8 Å². The topological polar surface area (TPSA) is 75.6 Å². The summed E-state index contributed by atoms with van der Waals surface area (Å²) in [6, 6.07) is 7.65. The largest absolute Gasteiger partial charge is 0.481 e. The van der Waals surface area contributed by atoms with E-state index in [1.54, 1.807) is 0 Å². The van der Waals surface area contributed by atoms with Crippen LogP contribution < -0.4 is 5.32 Å². The molecule has 0 aliphatic carbocycles. The van der Waals surface area contributed by atoms with Crippen molar-refractivity contribution in [3.05, 3.63) is 34.9 Å². The quantitative estimate of drug-likeness (QED) is 0.842. The van der Waals surface area contributed by atoms with Crippen LogP contribution in [0.3, 0.4) is 0 Å². The number of carboxylic acid groups (broad SMARTS) is 1. The van der Waals surface area contributed by atoms with Crippen LogP contribution in [0.2, 0.25) is 5.02 Å². The van der Waals surface area contributed by atoms with Crippen molar-refractivity contribution in [3.63, 3.8) is 0 Å². The number of hydrogen-bond donors (Lipinski definition) is 2. The van der Waals surface area contributed by atoms with Gasteiger partial charge in [0.25, 0.3) is 0 Å². The normalized spacial score (nSPS) is 17.0. The van der Waals surface area contributed by atoms with E-state index in [9.17, 15) is 9.59 Å². The Labute approximate surface area is 134 Å². The summed E-state index contributed by atoms with van der Waals surface area (Å²) >= 11 is 6.33. The number of ether oxygens (including phenoxy) is 1. The van der Waals surface area contributed by atoms with Crippen molar-refractivity contribution in [2.75, 3.05) is 19.8 Å². The first-order valence-electron chi connectivity index (χ1n) is 7.35. The maximum atomic E-state index is 11.8. The lowest BCUT2D eigenvalue weighted by molar-refractivity contribution is -0.138. The van der Waals surface area contributed by atoms with Gasteiger partial charge in [-0.05, 0) is 24.5 Å². The third-order valence-electron chi connectivity index (χ3n) is 4.08. The first-order chi connectivity index (χ1) is 10.5. The highest BCUT2D eigenvalue weighted by molar-refractivity contribution is 6.31. The van der Waals surface area contributed by atoms with Crippen LogP contribution >= 0.6 is 11.6 Å². The molecule has 0 radical (unpaired) electrons. The number of carbonyl (C=O) groups is 2. The molecule has 1 saturated heterocycles. The van der Waals surface area contributed by atoms with Crippen molar-refractivity contribution in [2.24, 2.45) is 0 Å². The molecule has 1 aliphatic rings. The van der Waals surface area contributed by atoms with Crippen LogP contribution in [0.15, 0.2) is 24.3 Å². The molecule has 1 fully saturated rings. The minimum atomic E-state index is -0.970. The molecule has 0 atom stereocenters. The molecular weight excluding hydrogens is 306 g/mol. The van der Waals surface area contributed by atoms with E-state index in [2.05, 4.69) is 5.32 Å². The fourth-order valence-corrected chi connectivity index (χ4v) is 3.11. The molecule has 6 heteroatoms. The van der Waals surface area contributed by atoms with Crippen LogP contribution in [-0.2, 0) is 19.7 Å². The number of hydrogen-bond acceptors (Lipinski definition) is 3. The van der Waals surface area contributed by atoms with Gasteiger partial charge in [-0.25, -0.2) is 0 Å². The molecule has 1 heterocycles. The van der Waals surface area contributed by atoms with Crippen molar-refractivity contribution < 1.29 is 19.4 Å². The van der Waals surface area contributed by atoms with Crippen LogP contribution in [0.4, 0.5) is 0 Å². The zero-order valence-corrected chi connectivity index (χ0v) is 13.1. The lowest BCUT2D eigenvalue weighted by Crippen LogP contribution is -2.44. The number of benzene rings is 1. The van der Waals surface area contributed by atoms with Gasteiger partial charge in [0.1, 0.15) is 0 Å². The first-order valence-corrected chi connectivity index (χ1v) is 7.72. The lowest BCUT2D eigenvalue weighted by Gasteiger charge is -2.38. The molecule has 0 spiro atoms. The van der Waals surface area contributed by atoms with E-state index in [1.165, 1.54) is 0 Å². The standard InChI is InChI=1S/C16H20ClNO4/c17-13-4-2-1-3-12(13)16(7-9-22-10-8-16)11-18-14(19)5-6-15(20)21/h1-4H,5-11H2,(H,18,19)(H,20,21). The van der Waals surface area contributed by atoms with Gasteiger partial charge >= 0.3 is 5.97 Å². The SMILES string of the molecule is O=C(O)CCC(=O)NCC1(c2ccccc2Cl)CCOCC1. The van der Waals surface area contributed by atoms with E-state index >= 15 is 0 Å². The predicted octanol–water partition coefficient (Wildman–Crippen LogP) is 2.37. The number of carboxylic acids is 1. The zero-order chi connectivity index (χ0) is 16.0. The van der Waals surface area contributed by atoms with Gasteiger partial charge in [0.2, 0.25) is 5.91 Å². The van der Waals surface area contributed by atoms with Crippen molar-refractivity contribution in [3.8, 4) is 0 Å². The summed E-state index contributed by atoms with van der Waals surface area (Å²) in [6.45, 7) is 1.69. The number of aliphatic carboxylic acids is 1. The maximum absolute atomic E-state index is 11.8. The maximum Gasteiger partial charge on any atom is 0.303 e. The Morgan fingerprint density at radius 1 is 1.23 bits per heavy atom. The van der Waals surface area contributed by atoms with Gasteiger partial charge in [-0.3, -0.25) is 9.59 Å². The molecule has 0 bridgehead atoms. The van der Waals surface area contributed by atoms with E-state index in [-0.39, 0.29) is 24.2 Å². The lowest BCUT2D eigenvalue weighted by atomic mass is 9.74. The molecule has 1 aliphatic heterocycles. The minimum absolute atomic E-state index is 0.00949. The Hall–Kier alpha value is -1.59. The Kier molecular flexibility index (Phi) is 5.80. The van der Waals surface area contributed by atoms with Gasteiger partial charge in [-0.15, -0.1) is 0 Å². The minimum Gasteiger partial charge on any atom is -0.481 e. The molecule has 120 valence electrons. The van der Waals surface area contributed by atoms with E-state index < -0.39 is 5.97 Å². The molecule has 0 aromatic heterocycles. The zero-order valence-electron chi connectivity index (χ0n) is 12.3. The molecule has 1 aromatic rings. The Bertz CT molecular complexity index is 541. The summed E-state index contributed by atoms with van der Waals surface area (Å²) in [5.41, 5.74) is 0.758. The predicted molar refractivity (Wildman–Crippen MR) is 83.1 cm³/mol. The van der Waals surface area contributed by atoms with Crippen molar-refractivity contribution in [1.29, 1.82) is 0 Å². The highest BCUT2D eigenvalue weighted by Gasteiger charge is 2.36. The Morgan fingerprint density at radius 3 is 2.55 bits per heavy atom. The Morgan fingerprint density at radius 2 is 1.91 bits per heavy atom. The van der Waals surface area contributed by atoms with Gasteiger partial charge in [0, 0.05) is 36.6 Å². The number of halogens is 1. The highest BCUT2D eigenvalue weighted by Crippen LogP contribution is 2.38. The number of amides is 1. The molecule has 0 unspecified atom stereocenters. The summed E-state index contributed by atoms with van der Waals surface area (Å²) in [5, 5.41) is 12.2. The van der Waals surface area contributed by atoms with Gasteiger partial charge < -0.3 is 15.2 Å². The molecule has 2 N–H and O–H groups in total. The van der Waals surface area contributed by atoms with E-state index in [4.69, 9.17) is 21.4 Å². The van der Waals surface area contributed by atoms with Crippen LogP contribution in [0, 0.1) is 0 Å².